The van der Waals surface area contributed by atoms with Crippen LogP contribution in [0.15, 0.2) is 0 Å². The van der Waals surface area contributed by atoms with Crippen LogP contribution in [0, 0.1) is 0 Å². The van der Waals surface area contributed by atoms with Crippen molar-refractivity contribution in [2.45, 2.75) is 56.5 Å². The zero-order valence-electron chi connectivity index (χ0n) is 15.2. The van der Waals surface area contributed by atoms with Gasteiger partial charge < -0.3 is 45.6 Å². The average molecular weight is 408 g/mol. The molecule has 1 aliphatic rings. The molecule has 0 bridgehead atoms. The molecule has 1 heterocycles. The molecule has 0 aliphatic carbocycles. The van der Waals surface area contributed by atoms with Crippen molar-refractivity contribution in [1.82, 2.24) is 10.6 Å². The predicted octanol–water partition coefficient (Wildman–Crippen LogP) is -4.18. The molecule has 7 N–H and O–H groups in total. The molecular formula is C15H24N2O11. The van der Waals surface area contributed by atoms with Crippen LogP contribution < -0.4 is 10.6 Å². The van der Waals surface area contributed by atoms with E-state index in [9.17, 15) is 39.6 Å². The molecule has 1 rings (SSSR count). The summed E-state index contributed by atoms with van der Waals surface area (Å²) in [7, 11) is 0. The third kappa shape index (κ3) is 6.10. The van der Waals surface area contributed by atoms with Gasteiger partial charge in [-0.15, -0.1) is 0 Å². The van der Waals surface area contributed by atoms with E-state index >= 15 is 0 Å². The quantitative estimate of drug-likeness (QED) is 0.191. The minimum absolute atomic E-state index is 0.637. The number of ether oxygens (including phenoxy) is 2. The van der Waals surface area contributed by atoms with E-state index in [-0.39, 0.29) is 0 Å². The number of carbonyl (C=O) groups excluding carboxylic acids is 3. The second kappa shape index (κ2) is 9.75. The Morgan fingerprint density at radius 1 is 1.29 bits per heavy atom. The number of carboxylic acids is 1. The summed E-state index contributed by atoms with van der Waals surface area (Å²) in [6.45, 7) is 0.520. The molecule has 3 unspecified atom stereocenters. The Hall–Kier alpha value is -2.32. The molecule has 1 saturated heterocycles. The Kier molecular flexibility index (Phi) is 8.26. The number of nitrogens with one attached hydrogen (secondary N) is 2. The summed E-state index contributed by atoms with van der Waals surface area (Å²) in [6, 6.07) is -2.94. The van der Waals surface area contributed by atoms with Gasteiger partial charge in [0.1, 0.15) is 25.4 Å². The summed E-state index contributed by atoms with van der Waals surface area (Å²) in [6.07, 6.45) is -5.86. The molecule has 2 amide bonds. The van der Waals surface area contributed by atoms with Gasteiger partial charge in [0.05, 0.1) is 18.2 Å². The second-order valence-corrected chi connectivity index (χ2v) is 6.29. The van der Waals surface area contributed by atoms with Crippen molar-refractivity contribution >= 4 is 23.8 Å². The number of rotatable bonds is 8. The summed E-state index contributed by atoms with van der Waals surface area (Å²) in [5.41, 5.74) is 0. The maximum atomic E-state index is 11.6. The van der Waals surface area contributed by atoms with Crippen LogP contribution in [0.5, 0.6) is 0 Å². The van der Waals surface area contributed by atoms with Gasteiger partial charge in [0, 0.05) is 20.3 Å². The Balaban J connectivity index is 3.27. The van der Waals surface area contributed by atoms with Crippen LogP contribution in [-0.4, -0.2) is 98.7 Å². The number of amides is 2. The van der Waals surface area contributed by atoms with E-state index in [1.54, 1.807) is 0 Å². The molecule has 0 aromatic rings. The second-order valence-electron chi connectivity index (χ2n) is 6.29. The molecule has 0 radical (unpaired) electrons. The number of carboxylic acid groups (broad SMARTS) is 1. The van der Waals surface area contributed by atoms with Crippen LogP contribution in [0.4, 0.5) is 0 Å². The molecule has 1 aliphatic heterocycles. The topological polar surface area (TPSA) is 212 Å². The molecule has 1 fully saturated rings. The zero-order chi connectivity index (χ0) is 21.6. The van der Waals surface area contributed by atoms with Gasteiger partial charge in [0.2, 0.25) is 11.8 Å². The lowest BCUT2D eigenvalue weighted by Gasteiger charge is -2.46. The monoisotopic (exact) mass is 408 g/mol. The molecule has 0 saturated carbocycles. The van der Waals surface area contributed by atoms with Crippen LogP contribution >= 0.6 is 0 Å². The van der Waals surface area contributed by atoms with Crippen LogP contribution in [0.25, 0.3) is 0 Å². The number of esters is 1. The lowest BCUT2D eigenvalue weighted by molar-refractivity contribution is -0.284. The summed E-state index contributed by atoms with van der Waals surface area (Å²) < 4.78 is 9.80. The van der Waals surface area contributed by atoms with Gasteiger partial charge in [-0.2, -0.15) is 0 Å². The SMILES string of the molecule is CC(=O)NC(C(O)COC(C)=O)[C@@H]1OC(O)(C(=O)O)C[C@H](O)[C@H]1NC(=O)CO. The van der Waals surface area contributed by atoms with Crippen molar-refractivity contribution in [3.8, 4) is 0 Å². The van der Waals surface area contributed by atoms with Gasteiger partial charge in [-0.25, -0.2) is 4.79 Å². The number of aliphatic carboxylic acids is 1. The van der Waals surface area contributed by atoms with Crippen molar-refractivity contribution in [3.05, 3.63) is 0 Å². The smallest absolute Gasteiger partial charge is 0.364 e. The standard InChI is InChI=1S/C15H24N2O11/c1-6(19)16-12(9(22)5-27-7(2)20)13-11(17-10(23)4-18)8(21)3-15(26,28-13)14(24)25/h8-9,11-13,18,21-22,26H,3-5H2,1-2H3,(H,16,19)(H,17,23)(H,24,25)/t8-,9?,11+,12?,13+,15?/m0/s1. The average Bonchev–Trinajstić information content (AvgIpc) is 2.59. The highest BCUT2D eigenvalue weighted by atomic mass is 16.7. The third-order valence-electron chi connectivity index (χ3n) is 3.99. The number of carbonyl (C=O) groups is 4. The number of hydrogen-bond donors (Lipinski definition) is 7. The van der Waals surface area contributed by atoms with Crippen molar-refractivity contribution in [2.24, 2.45) is 0 Å². The van der Waals surface area contributed by atoms with E-state index in [2.05, 4.69) is 15.4 Å². The minimum atomic E-state index is -2.89. The van der Waals surface area contributed by atoms with E-state index in [1.165, 1.54) is 0 Å². The lowest BCUT2D eigenvalue weighted by atomic mass is 9.87. The molecule has 13 heteroatoms. The van der Waals surface area contributed by atoms with Gasteiger partial charge in [-0.05, 0) is 0 Å². The van der Waals surface area contributed by atoms with Gasteiger partial charge in [-0.3, -0.25) is 14.4 Å². The Morgan fingerprint density at radius 2 is 1.89 bits per heavy atom. The Bertz CT molecular complexity index is 613. The number of aliphatic hydroxyl groups excluding tert-OH is 3. The Morgan fingerprint density at radius 3 is 2.36 bits per heavy atom. The number of hydrogen-bond acceptors (Lipinski definition) is 10. The van der Waals surface area contributed by atoms with E-state index in [4.69, 9.17) is 9.84 Å². The van der Waals surface area contributed by atoms with Crippen molar-refractivity contribution in [2.75, 3.05) is 13.2 Å². The van der Waals surface area contributed by atoms with Crippen LogP contribution in [-0.2, 0) is 28.7 Å². The third-order valence-corrected chi connectivity index (χ3v) is 3.99. The Labute approximate surface area is 159 Å². The van der Waals surface area contributed by atoms with Crippen LogP contribution in [0.3, 0.4) is 0 Å². The van der Waals surface area contributed by atoms with Gasteiger partial charge in [-0.1, -0.05) is 0 Å². The molecule has 0 spiro atoms. The predicted molar refractivity (Wildman–Crippen MR) is 87.3 cm³/mol. The maximum absolute atomic E-state index is 11.6. The fourth-order valence-corrected chi connectivity index (χ4v) is 2.76. The molecule has 160 valence electrons. The summed E-state index contributed by atoms with van der Waals surface area (Å²) in [4.78, 5) is 45.4. The van der Waals surface area contributed by atoms with Crippen LogP contribution in [0.1, 0.15) is 20.3 Å². The van der Waals surface area contributed by atoms with E-state index in [0.29, 0.717) is 0 Å². The van der Waals surface area contributed by atoms with Crippen LogP contribution in [0.2, 0.25) is 0 Å². The summed E-state index contributed by atoms with van der Waals surface area (Å²) >= 11 is 0. The minimum Gasteiger partial charge on any atom is -0.477 e. The van der Waals surface area contributed by atoms with Crippen molar-refractivity contribution < 1.29 is 54.2 Å². The fourth-order valence-electron chi connectivity index (χ4n) is 2.76. The first kappa shape index (κ1) is 23.7. The van der Waals surface area contributed by atoms with E-state index in [1.807, 2.05) is 0 Å². The van der Waals surface area contributed by atoms with Gasteiger partial charge in [0.15, 0.2) is 0 Å². The first-order valence-electron chi connectivity index (χ1n) is 8.21. The molecule has 13 nitrogen and oxygen atoms in total. The first-order chi connectivity index (χ1) is 12.9. The number of aliphatic hydroxyl groups is 4. The maximum Gasteiger partial charge on any atom is 0.364 e. The van der Waals surface area contributed by atoms with Crippen molar-refractivity contribution in [1.29, 1.82) is 0 Å². The van der Waals surface area contributed by atoms with Crippen molar-refractivity contribution in [3.63, 3.8) is 0 Å². The summed E-state index contributed by atoms with van der Waals surface area (Å²) in [5.74, 6) is -7.16. The normalized spacial score (nSPS) is 29.3. The molecule has 0 aromatic carbocycles. The van der Waals surface area contributed by atoms with Gasteiger partial charge >= 0.3 is 11.9 Å². The van der Waals surface area contributed by atoms with E-state index in [0.717, 1.165) is 13.8 Å². The fraction of sp³-hybridized carbons (Fsp3) is 0.733. The molecule has 28 heavy (non-hydrogen) atoms. The molecule has 6 atom stereocenters. The molecule has 0 aromatic heterocycles. The lowest BCUT2D eigenvalue weighted by Crippen LogP contribution is -2.70. The molecular weight excluding hydrogens is 384 g/mol. The first-order valence-corrected chi connectivity index (χ1v) is 8.21. The highest BCUT2D eigenvalue weighted by molar-refractivity contribution is 5.78. The van der Waals surface area contributed by atoms with E-state index < -0.39 is 79.6 Å². The zero-order valence-corrected chi connectivity index (χ0v) is 15.2. The largest absolute Gasteiger partial charge is 0.477 e. The highest BCUT2D eigenvalue weighted by Crippen LogP contribution is 2.30. The highest BCUT2D eigenvalue weighted by Gasteiger charge is 2.54. The summed E-state index contributed by atoms with van der Waals surface area (Å²) in [5, 5.41) is 53.3. The van der Waals surface area contributed by atoms with Gasteiger partial charge in [0.25, 0.3) is 5.79 Å².